The van der Waals surface area contributed by atoms with Gasteiger partial charge in [0.25, 0.3) is 11.8 Å². The van der Waals surface area contributed by atoms with Crippen LogP contribution in [0.4, 0.5) is 11.4 Å². The standard InChI is InChI=1S/C34H32ClN3O5S/c1-4-31(34(41)37-25-16-17-30(43-3)28(35)21-25)44-27-15-9-13-24(20-27)36-33(40)29(19-22-10-8-14-26(18-22)42-2)38-32(39)23-11-6-5-7-12-23/h5-21,31H,4H2,1-3H3,(H,36,40)(H,37,41)(H,38,39)/b29-19-. The molecule has 4 rings (SSSR count). The molecule has 8 nitrogen and oxygen atoms in total. The highest BCUT2D eigenvalue weighted by atomic mass is 35.5. The highest BCUT2D eigenvalue weighted by Crippen LogP contribution is 2.31. The minimum absolute atomic E-state index is 0.0501. The van der Waals surface area contributed by atoms with Crippen LogP contribution in [-0.2, 0) is 9.59 Å². The molecule has 0 saturated carbocycles. The van der Waals surface area contributed by atoms with E-state index in [1.807, 2.05) is 19.1 Å². The van der Waals surface area contributed by atoms with Crippen LogP contribution in [0, 0.1) is 0 Å². The molecule has 10 heteroatoms. The fraction of sp³-hybridized carbons (Fsp3) is 0.147. The van der Waals surface area contributed by atoms with E-state index >= 15 is 0 Å². The molecule has 3 amide bonds. The van der Waals surface area contributed by atoms with Gasteiger partial charge in [0, 0.05) is 21.8 Å². The Balaban J connectivity index is 1.50. The van der Waals surface area contributed by atoms with E-state index in [4.69, 9.17) is 21.1 Å². The third-order valence-corrected chi connectivity index (χ3v) is 8.04. The Morgan fingerprint density at radius 3 is 2.30 bits per heavy atom. The monoisotopic (exact) mass is 629 g/mol. The lowest BCUT2D eigenvalue weighted by Crippen LogP contribution is -2.30. The van der Waals surface area contributed by atoms with Gasteiger partial charge in [-0.25, -0.2) is 0 Å². The minimum atomic E-state index is -0.513. The molecule has 0 radical (unpaired) electrons. The number of amides is 3. The van der Waals surface area contributed by atoms with E-state index in [1.165, 1.54) is 18.9 Å². The molecular formula is C34H32ClN3O5S. The number of hydrogen-bond acceptors (Lipinski definition) is 6. The number of anilines is 2. The van der Waals surface area contributed by atoms with Crippen molar-refractivity contribution in [3.8, 4) is 11.5 Å². The summed E-state index contributed by atoms with van der Waals surface area (Å²) >= 11 is 7.58. The van der Waals surface area contributed by atoms with Gasteiger partial charge < -0.3 is 25.4 Å². The van der Waals surface area contributed by atoms with Crippen molar-refractivity contribution in [1.82, 2.24) is 5.32 Å². The maximum atomic E-state index is 13.5. The third-order valence-electron chi connectivity index (χ3n) is 6.39. The fourth-order valence-corrected chi connectivity index (χ4v) is 5.41. The Hall–Kier alpha value is -4.73. The van der Waals surface area contributed by atoms with Crippen LogP contribution < -0.4 is 25.4 Å². The van der Waals surface area contributed by atoms with Gasteiger partial charge in [0.15, 0.2) is 0 Å². The van der Waals surface area contributed by atoms with Crippen LogP contribution in [-0.4, -0.2) is 37.2 Å². The number of methoxy groups -OCH3 is 2. The zero-order chi connectivity index (χ0) is 31.5. The largest absolute Gasteiger partial charge is 0.497 e. The van der Waals surface area contributed by atoms with E-state index in [-0.39, 0.29) is 11.6 Å². The Morgan fingerprint density at radius 2 is 1.59 bits per heavy atom. The van der Waals surface area contributed by atoms with Crippen molar-refractivity contribution in [2.75, 3.05) is 24.9 Å². The van der Waals surface area contributed by atoms with E-state index in [9.17, 15) is 14.4 Å². The van der Waals surface area contributed by atoms with Crippen molar-refractivity contribution in [2.45, 2.75) is 23.5 Å². The molecule has 0 fully saturated rings. The molecule has 44 heavy (non-hydrogen) atoms. The molecule has 0 aliphatic rings. The molecule has 0 heterocycles. The normalized spacial score (nSPS) is 11.7. The van der Waals surface area contributed by atoms with Crippen LogP contribution >= 0.6 is 23.4 Å². The van der Waals surface area contributed by atoms with Crippen LogP contribution in [0.1, 0.15) is 29.3 Å². The summed E-state index contributed by atoms with van der Waals surface area (Å²) in [4.78, 5) is 40.3. The van der Waals surface area contributed by atoms with Crippen molar-refractivity contribution in [3.63, 3.8) is 0 Å². The predicted molar refractivity (Wildman–Crippen MR) is 177 cm³/mol. The van der Waals surface area contributed by atoms with Gasteiger partial charge in [-0.05, 0) is 78.7 Å². The quantitative estimate of drug-likeness (QED) is 0.112. The molecular weight excluding hydrogens is 598 g/mol. The number of halogens is 1. The predicted octanol–water partition coefficient (Wildman–Crippen LogP) is 7.28. The molecule has 0 saturated heterocycles. The van der Waals surface area contributed by atoms with Crippen LogP contribution in [0.25, 0.3) is 6.08 Å². The lowest BCUT2D eigenvalue weighted by Gasteiger charge is -2.16. The summed E-state index contributed by atoms with van der Waals surface area (Å²) in [6.07, 6.45) is 2.15. The number of carbonyl (C=O) groups excluding carboxylic acids is 3. The van der Waals surface area contributed by atoms with Crippen LogP contribution in [0.3, 0.4) is 0 Å². The number of rotatable bonds is 12. The molecule has 1 unspecified atom stereocenters. The average molecular weight is 630 g/mol. The fourth-order valence-electron chi connectivity index (χ4n) is 4.14. The Morgan fingerprint density at radius 1 is 0.841 bits per heavy atom. The molecule has 0 aliphatic heterocycles. The highest BCUT2D eigenvalue weighted by Gasteiger charge is 2.20. The summed E-state index contributed by atoms with van der Waals surface area (Å²) < 4.78 is 10.5. The zero-order valence-electron chi connectivity index (χ0n) is 24.4. The highest BCUT2D eigenvalue weighted by molar-refractivity contribution is 8.00. The summed E-state index contributed by atoms with van der Waals surface area (Å²) in [5.74, 6) is 0.0168. The molecule has 3 N–H and O–H groups in total. The second-order valence-corrected chi connectivity index (χ2v) is 11.2. The summed E-state index contributed by atoms with van der Waals surface area (Å²) in [7, 11) is 3.08. The number of carbonyl (C=O) groups is 3. The number of hydrogen-bond donors (Lipinski definition) is 3. The molecule has 0 aliphatic carbocycles. The van der Waals surface area contributed by atoms with Crippen molar-refractivity contribution < 1.29 is 23.9 Å². The molecule has 0 spiro atoms. The van der Waals surface area contributed by atoms with Crippen LogP contribution in [0.5, 0.6) is 11.5 Å². The van der Waals surface area contributed by atoms with Crippen LogP contribution in [0.15, 0.2) is 108 Å². The van der Waals surface area contributed by atoms with E-state index < -0.39 is 17.1 Å². The maximum Gasteiger partial charge on any atom is 0.272 e. The van der Waals surface area contributed by atoms with Crippen molar-refractivity contribution in [3.05, 3.63) is 119 Å². The van der Waals surface area contributed by atoms with Crippen molar-refractivity contribution >= 4 is 58.5 Å². The van der Waals surface area contributed by atoms with E-state index in [2.05, 4.69) is 16.0 Å². The van der Waals surface area contributed by atoms with E-state index in [0.29, 0.717) is 45.4 Å². The van der Waals surface area contributed by atoms with E-state index in [1.54, 1.807) is 98.1 Å². The van der Waals surface area contributed by atoms with Gasteiger partial charge >= 0.3 is 0 Å². The molecule has 1 atom stereocenters. The van der Waals surface area contributed by atoms with Crippen LogP contribution in [0.2, 0.25) is 5.02 Å². The maximum absolute atomic E-state index is 13.5. The Bertz CT molecular complexity index is 1660. The number of ether oxygens (including phenoxy) is 2. The summed E-state index contributed by atoms with van der Waals surface area (Å²) in [6.45, 7) is 1.93. The Kier molecular flexibility index (Phi) is 11.5. The Labute approximate surface area is 265 Å². The number of nitrogens with one attached hydrogen (secondary N) is 3. The average Bonchev–Trinajstić information content (AvgIpc) is 3.04. The molecule has 0 aromatic heterocycles. The number of benzene rings is 4. The van der Waals surface area contributed by atoms with Gasteiger partial charge in [0.2, 0.25) is 5.91 Å². The first-order valence-electron chi connectivity index (χ1n) is 13.7. The first kappa shape index (κ1) is 32.2. The van der Waals surface area contributed by atoms with Gasteiger partial charge in [0.05, 0.1) is 24.5 Å². The van der Waals surface area contributed by atoms with Gasteiger partial charge in [-0.3, -0.25) is 14.4 Å². The second kappa shape index (κ2) is 15.7. The first-order chi connectivity index (χ1) is 21.3. The third kappa shape index (κ3) is 8.89. The van der Waals surface area contributed by atoms with Gasteiger partial charge in [0.1, 0.15) is 17.2 Å². The topological polar surface area (TPSA) is 106 Å². The molecule has 4 aromatic carbocycles. The molecule has 226 valence electrons. The molecule has 4 aromatic rings. The van der Waals surface area contributed by atoms with Gasteiger partial charge in [-0.2, -0.15) is 0 Å². The van der Waals surface area contributed by atoms with Crippen molar-refractivity contribution in [1.29, 1.82) is 0 Å². The second-order valence-electron chi connectivity index (χ2n) is 9.49. The van der Waals surface area contributed by atoms with Gasteiger partial charge in [-0.15, -0.1) is 11.8 Å². The summed E-state index contributed by atoms with van der Waals surface area (Å²) in [5, 5.41) is 8.50. The summed E-state index contributed by atoms with van der Waals surface area (Å²) in [6, 6.07) is 28.0. The lowest BCUT2D eigenvalue weighted by molar-refractivity contribution is -0.116. The lowest BCUT2D eigenvalue weighted by atomic mass is 10.1. The van der Waals surface area contributed by atoms with Crippen molar-refractivity contribution in [2.24, 2.45) is 0 Å². The van der Waals surface area contributed by atoms with Gasteiger partial charge in [-0.1, -0.05) is 54.9 Å². The van der Waals surface area contributed by atoms with E-state index in [0.717, 1.165) is 4.90 Å². The summed E-state index contributed by atoms with van der Waals surface area (Å²) in [5.41, 5.74) is 2.20. The zero-order valence-corrected chi connectivity index (χ0v) is 26.0. The SMILES string of the molecule is CCC(Sc1cccc(NC(=O)/C(=C/c2cccc(OC)c2)NC(=O)c2ccccc2)c1)C(=O)Nc1ccc(OC)c(Cl)c1. The number of thioether (sulfide) groups is 1. The minimum Gasteiger partial charge on any atom is -0.497 e. The first-order valence-corrected chi connectivity index (χ1v) is 15.0. The molecule has 0 bridgehead atoms. The smallest absolute Gasteiger partial charge is 0.272 e.